The van der Waals surface area contributed by atoms with Gasteiger partial charge in [-0.25, -0.2) is 9.78 Å². The van der Waals surface area contributed by atoms with Crippen molar-refractivity contribution in [2.45, 2.75) is 6.54 Å². The average Bonchev–Trinajstić information content (AvgIpc) is 3.25. The van der Waals surface area contributed by atoms with E-state index in [2.05, 4.69) is 10.3 Å². The average molecular weight is 354 g/mol. The molecule has 2 aliphatic rings. The third-order valence-electron chi connectivity index (χ3n) is 3.52. The van der Waals surface area contributed by atoms with Gasteiger partial charge in [0.2, 0.25) is 6.79 Å². The van der Waals surface area contributed by atoms with E-state index < -0.39 is 0 Å². The quantitative estimate of drug-likeness (QED) is 0.910. The number of carbonyl (C=O) groups is 1. The summed E-state index contributed by atoms with van der Waals surface area (Å²) in [6, 6.07) is 3.61. The van der Waals surface area contributed by atoms with Gasteiger partial charge in [-0.1, -0.05) is 11.6 Å². The second-order valence-corrected chi connectivity index (χ2v) is 6.62. The number of aromatic nitrogens is 1. The summed E-state index contributed by atoms with van der Waals surface area (Å²) in [6.07, 6.45) is 1.35. The monoisotopic (exact) mass is 353 g/mol. The molecule has 4 rings (SSSR count). The maximum absolute atomic E-state index is 11.9. The van der Waals surface area contributed by atoms with Crippen molar-refractivity contribution in [2.24, 2.45) is 0 Å². The lowest BCUT2D eigenvalue weighted by Crippen LogP contribution is -2.24. The van der Waals surface area contributed by atoms with Crippen molar-refractivity contribution in [2.75, 3.05) is 30.2 Å². The summed E-state index contributed by atoms with van der Waals surface area (Å²) in [5.41, 5.74) is 1.46. The molecule has 0 bridgehead atoms. The SMILES string of the molecule is O=C1OCCN1c1cc2c(cc1NCc1cnc(Cl)s1)OCO2. The fourth-order valence-electron chi connectivity index (χ4n) is 2.46. The van der Waals surface area contributed by atoms with Gasteiger partial charge in [-0.15, -0.1) is 11.3 Å². The molecular weight excluding hydrogens is 342 g/mol. The minimum Gasteiger partial charge on any atom is -0.454 e. The maximum Gasteiger partial charge on any atom is 0.414 e. The fourth-order valence-corrected chi connectivity index (χ4v) is 3.37. The first kappa shape index (κ1) is 14.4. The van der Waals surface area contributed by atoms with E-state index in [0.29, 0.717) is 41.3 Å². The molecule has 9 heteroatoms. The zero-order valence-corrected chi connectivity index (χ0v) is 13.4. The van der Waals surface area contributed by atoms with Gasteiger partial charge in [0.1, 0.15) is 6.61 Å². The third kappa shape index (κ3) is 2.75. The molecule has 0 spiro atoms. The molecule has 0 atom stereocenters. The van der Waals surface area contributed by atoms with Crippen LogP contribution in [-0.4, -0.2) is 31.0 Å². The standard InChI is InChI=1S/C14H12ClN3O4S/c15-13-17-6-8(23-13)5-16-9-3-11-12(22-7-21-11)4-10(9)18-1-2-20-14(18)19/h3-4,6,16H,1-2,5,7H2. The summed E-state index contributed by atoms with van der Waals surface area (Å²) < 4.78 is 16.3. The lowest BCUT2D eigenvalue weighted by Gasteiger charge is -2.19. The second kappa shape index (κ2) is 5.78. The van der Waals surface area contributed by atoms with Crippen LogP contribution in [0.15, 0.2) is 18.3 Å². The number of thiazole rings is 1. The summed E-state index contributed by atoms with van der Waals surface area (Å²) in [5.74, 6) is 1.26. The molecule has 120 valence electrons. The van der Waals surface area contributed by atoms with Gasteiger partial charge in [0.25, 0.3) is 0 Å². The first-order valence-corrected chi connectivity index (χ1v) is 8.12. The summed E-state index contributed by atoms with van der Waals surface area (Å²) in [7, 11) is 0. The molecule has 1 fully saturated rings. The molecule has 0 aliphatic carbocycles. The molecule has 2 aliphatic heterocycles. The Kier molecular flexibility index (Phi) is 3.62. The number of ether oxygens (including phenoxy) is 3. The van der Waals surface area contributed by atoms with E-state index in [1.54, 1.807) is 17.2 Å². The van der Waals surface area contributed by atoms with Crippen LogP contribution in [0.25, 0.3) is 0 Å². The van der Waals surface area contributed by atoms with Crippen molar-refractivity contribution in [3.8, 4) is 11.5 Å². The van der Waals surface area contributed by atoms with Crippen molar-refractivity contribution in [1.82, 2.24) is 4.98 Å². The number of hydrogen-bond donors (Lipinski definition) is 1. The van der Waals surface area contributed by atoms with E-state index in [-0.39, 0.29) is 12.9 Å². The van der Waals surface area contributed by atoms with Gasteiger partial charge < -0.3 is 19.5 Å². The molecule has 23 heavy (non-hydrogen) atoms. The predicted molar refractivity (Wildman–Crippen MR) is 85.7 cm³/mol. The van der Waals surface area contributed by atoms with Crippen molar-refractivity contribution >= 4 is 40.4 Å². The number of amides is 1. The van der Waals surface area contributed by atoms with Gasteiger partial charge >= 0.3 is 6.09 Å². The first-order chi connectivity index (χ1) is 11.2. The molecular formula is C14H12ClN3O4S. The molecule has 1 aromatic heterocycles. The summed E-state index contributed by atoms with van der Waals surface area (Å²) >= 11 is 7.25. The Morgan fingerprint density at radius 2 is 2.13 bits per heavy atom. The van der Waals surface area contributed by atoms with Crippen molar-refractivity contribution in [3.05, 3.63) is 27.7 Å². The number of fused-ring (bicyclic) bond motifs is 1. The number of nitrogens with zero attached hydrogens (tertiary/aromatic N) is 2. The highest BCUT2D eigenvalue weighted by Gasteiger charge is 2.28. The van der Waals surface area contributed by atoms with Crippen molar-refractivity contribution < 1.29 is 19.0 Å². The number of hydrogen-bond acceptors (Lipinski definition) is 7. The van der Waals surface area contributed by atoms with Gasteiger partial charge in [-0.05, 0) is 0 Å². The third-order valence-corrected chi connectivity index (χ3v) is 4.64. The van der Waals surface area contributed by atoms with E-state index in [0.717, 1.165) is 10.6 Å². The van der Waals surface area contributed by atoms with Crippen molar-refractivity contribution in [3.63, 3.8) is 0 Å². The van der Waals surface area contributed by atoms with Crippen LogP contribution in [0.1, 0.15) is 4.88 Å². The lowest BCUT2D eigenvalue weighted by molar-refractivity contribution is 0.174. The number of nitrogens with one attached hydrogen (secondary N) is 1. The highest BCUT2D eigenvalue weighted by atomic mass is 35.5. The molecule has 3 heterocycles. The van der Waals surface area contributed by atoms with Crippen LogP contribution in [0.4, 0.5) is 16.2 Å². The molecule has 1 aromatic carbocycles. The molecule has 1 amide bonds. The van der Waals surface area contributed by atoms with Crippen molar-refractivity contribution in [1.29, 1.82) is 0 Å². The van der Waals surface area contributed by atoms with Crippen LogP contribution in [0.3, 0.4) is 0 Å². The molecule has 1 N–H and O–H groups in total. The first-order valence-electron chi connectivity index (χ1n) is 6.93. The second-order valence-electron chi connectivity index (χ2n) is 4.92. The Balaban J connectivity index is 1.64. The molecule has 0 radical (unpaired) electrons. The van der Waals surface area contributed by atoms with E-state index in [9.17, 15) is 4.79 Å². The lowest BCUT2D eigenvalue weighted by atomic mass is 10.2. The number of rotatable bonds is 4. The van der Waals surface area contributed by atoms with Gasteiger partial charge in [-0.3, -0.25) is 4.90 Å². The van der Waals surface area contributed by atoms with Gasteiger partial charge in [0.05, 0.1) is 24.5 Å². The van der Waals surface area contributed by atoms with E-state index in [4.69, 9.17) is 25.8 Å². The zero-order valence-electron chi connectivity index (χ0n) is 11.9. The number of anilines is 2. The van der Waals surface area contributed by atoms with Crippen LogP contribution < -0.4 is 19.7 Å². The van der Waals surface area contributed by atoms with Crippen LogP contribution in [0.5, 0.6) is 11.5 Å². The molecule has 0 unspecified atom stereocenters. The Labute approximate surface area is 140 Å². The fraction of sp³-hybridized carbons (Fsp3) is 0.286. The number of halogens is 1. The Hall–Kier alpha value is -2.19. The van der Waals surface area contributed by atoms with Gasteiger partial charge in [0.15, 0.2) is 16.0 Å². The highest BCUT2D eigenvalue weighted by Crippen LogP contribution is 2.42. The van der Waals surface area contributed by atoms with Gasteiger partial charge in [0, 0.05) is 23.2 Å². The number of benzene rings is 1. The number of cyclic esters (lactones) is 1. The Bertz CT molecular complexity index is 766. The minimum atomic E-state index is -0.368. The topological polar surface area (TPSA) is 72.9 Å². The summed E-state index contributed by atoms with van der Waals surface area (Å²) in [6.45, 7) is 1.59. The summed E-state index contributed by atoms with van der Waals surface area (Å²) in [4.78, 5) is 18.5. The predicted octanol–water partition coefficient (Wildman–Crippen LogP) is 3.09. The Morgan fingerprint density at radius 1 is 1.30 bits per heavy atom. The number of carbonyl (C=O) groups excluding carboxylic acids is 1. The Morgan fingerprint density at radius 3 is 2.83 bits per heavy atom. The largest absolute Gasteiger partial charge is 0.454 e. The van der Waals surface area contributed by atoms with E-state index >= 15 is 0 Å². The molecule has 1 saturated heterocycles. The normalized spacial score (nSPS) is 15.9. The van der Waals surface area contributed by atoms with Crippen LogP contribution in [0, 0.1) is 0 Å². The van der Waals surface area contributed by atoms with E-state index in [1.807, 2.05) is 6.07 Å². The molecule has 0 saturated carbocycles. The highest BCUT2D eigenvalue weighted by molar-refractivity contribution is 7.15. The molecule has 2 aromatic rings. The minimum absolute atomic E-state index is 0.174. The summed E-state index contributed by atoms with van der Waals surface area (Å²) in [5, 5.41) is 3.30. The van der Waals surface area contributed by atoms with Crippen LogP contribution >= 0.6 is 22.9 Å². The maximum atomic E-state index is 11.9. The van der Waals surface area contributed by atoms with Crippen LogP contribution in [0.2, 0.25) is 4.47 Å². The zero-order chi connectivity index (χ0) is 15.8. The van der Waals surface area contributed by atoms with Gasteiger partial charge in [-0.2, -0.15) is 0 Å². The smallest absolute Gasteiger partial charge is 0.414 e. The van der Waals surface area contributed by atoms with E-state index in [1.165, 1.54) is 11.3 Å². The van der Waals surface area contributed by atoms with Crippen LogP contribution in [-0.2, 0) is 11.3 Å². The molecule has 7 nitrogen and oxygen atoms in total.